The summed E-state index contributed by atoms with van der Waals surface area (Å²) in [6.45, 7) is 6.71. The fourth-order valence-electron chi connectivity index (χ4n) is 2.27. The lowest BCUT2D eigenvalue weighted by Gasteiger charge is -2.16. The lowest BCUT2D eigenvalue weighted by Crippen LogP contribution is -2.33. The number of nitrogens with one attached hydrogen (secondary N) is 2. The van der Waals surface area contributed by atoms with E-state index >= 15 is 0 Å². The molecule has 2 atom stereocenters. The van der Waals surface area contributed by atoms with Crippen molar-refractivity contribution in [1.29, 1.82) is 0 Å². The van der Waals surface area contributed by atoms with Gasteiger partial charge in [-0.3, -0.25) is 0 Å². The van der Waals surface area contributed by atoms with Crippen molar-refractivity contribution in [1.82, 2.24) is 10.0 Å². The topological polar surface area (TPSA) is 71.3 Å². The zero-order valence-corrected chi connectivity index (χ0v) is 13.9. The van der Waals surface area contributed by atoms with Gasteiger partial charge in [0.1, 0.15) is 5.76 Å². The highest BCUT2D eigenvalue weighted by Gasteiger charge is 2.23. The van der Waals surface area contributed by atoms with Crippen LogP contribution in [0.15, 0.2) is 21.6 Å². The molecule has 1 aliphatic rings. The lowest BCUT2D eigenvalue weighted by molar-refractivity contribution is 0.392. The van der Waals surface area contributed by atoms with E-state index in [1.54, 1.807) is 6.07 Å². The number of rotatable bonds is 9. The third-order valence-corrected chi connectivity index (χ3v) is 5.32. The number of furan rings is 1. The molecule has 0 bridgehead atoms. The van der Waals surface area contributed by atoms with Crippen LogP contribution in [0.2, 0.25) is 0 Å². The van der Waals surface area contributed by atoms with Gasteiger partial charge in [-0.15, -0.1) is 0 Å². The zero-order valence-electron chi connectivity index (χ0n) is 13.1. The molecule has 1 heterocycles. The minimum absolute atomic E-state index is 0.00565. The maximum atomic E-state index is 12.3. The average Bonchev–Trinajstić information content (AvgIpc) is 3.11. The molecule has 0 radical (unpaired) electrons. The Hall–Kier alpha value is -0.850. The van der Waals surface area contributed by atoms with E-state index in [2.05, 4.69) is 23.9 Å². The first kappa shape index (κ1) is 16.5. The van der Waals surface area contributed by atoms with E-state index in [1.165, 1.54) is 18.9 Å². The number of hydrogen-bond donors (Lipinski definition) is 2. The molecule has 0 saturated heterocycles. The predicted molar refractivity (Wildman–Crippen MR) is 82.4 cm³/mol. The summed E-state index contributed by atoms with van der Waals surface area (Å²) >= 11 is 0. The third kappa shape index (κ3) is 5.13. The van der Waals surface area contributed by atoms with Crippen LogP contribution in [-0.4, -0.2) is 20.5 Å². The van der Waals surface area contributed by atoms with E-state index in [-0.39, 0.29) is 11.1 Å². The van der Waals surface area contributed by atoms with Crippen molar-refractivity contribution < 1.29 is 12.8 Å². The van der Waals surface area contributed by atoms with Gasteiger partial charge in [0.15, 0.2) is 0 Å². The molecule has 0 aromatic carbocycles. The summed E-state index contributed by atoms with van der Waals surface area (Å²) in [6, 6.07) is 3.73. The van der Waals surface area contributed by atoms with Crippen molar-refractivity contribution in [3.8, 4) is 0 Å². The van der Waals surface area contributed by atoms with E-state index in [0.29, 0.717) is 24.3 Å². The first-order valence-corrected chi connectivity index (χ1v) is 9.23. The van der Waals surface area contributed by atoms with Crippen LogP contribution in [0.25, 0.3) is 0 Å². The second-order valence-electron chi connectivity index (χ2n) is 6.15. The van der Waals surface area contributed by atoms with Gasteiger partial charge < -0.3 is 9.73 Å². The molecule has 2 N–H and O–H groups in total. The molecule has 2 unspecified atom stereocenters. The molecule has 0 spiro atoms. The molecular formula is C15H26N2O3S. The van der Waals surface area contributed by atoms with E-state index in [9.17, 15) is 8.42 Å². The molecule has 1 fully saturated rings. The van der Waals surface area contributed by atoms with Gasteiger partial charge in [0.05, 0.1) is 6.54 Å². The Morgan fingerprint density at radius 3 is 2.67 bits per heavy atom. The number of hydrogen-bond acceptors (Lipinski definition) is 4. The van der Waals surface area contributed by atoms with E-state index in [0.717, 1.165) is 12.8 Å². The lowest BCUT2D eigenvalue weighted by atomic mass is 10.0. The van der Waals surface area contributed by atoms with Gasteiger partial charge in [-0.2, -0.15) is 0 Å². The molecular weight excluding hydrogens is 288 g/mol. The van der Waals surface area contributed by atoms with Gasteiger partial charge >= 0.3 is 0 Å². The van der Waals surface area contributed by atoms with E-state index < -0.39 is 10.0 Å². The van der Waals surface area contributed by atoms with Gasteiger partial charge in [0.2, 0.25) is 5.09 Å². The minimum atomic E-state index is -3.56. The largest absolute Gasteiger partial charge is 0.447 e. The van der Waals surface area contributed by atoms with Crippen molar-refractivity contribution in [2.24, 2.45) is 5.92 Å². The first-order valence-electron chi connectivity index (χ1n) is 7.75. The summed E-state index contributed by atoms with van der Waals surface area (Å²) in [5, 5.41) is 3.31. The zero-order chi connectivity index (χ0) is 15.5. The molecule has 6 heteroatoms. The van der Waals surface area contributed by atoms with Crippen molar-refractivity contribution in [3.63, 3.8) is 0 Å². The fraction of sp³-hybridized carbons (Fsp3) is 0.733. The Balaban J connectivity index is 1.91. The van der Waals surface area contributed by atoms with Crippen LogP contribution in [0.3, 0.4) is 0 Å². The highest BCUT2D eigenvalue weighted by molar-refractivity contribution is 7.89. The van der Waals surface area contributed by atoms with E-state index in [1.807, 2.05) is 6.92 Å². The fourth-order valence-corrected chi connectivity index (χ4v) is 3.48. The number of sulfonamides is 1. The molecule has 1 aromatic rings. The summed E-state index contributed by atoms with van der Waals surface area (Å²) in [7, 11) is -3.56. The first-order chi connectivity index (χ1) is 9.90. The summed E-state index contributed by atoms with van der Waals surface area (Å²) < 4.78 is 32.6. The van der Waals surface area contributed by atoms with Gasteiger partial charge in [-0.25, -0.2) is 13.1 Å². The minimum Gasteiger partial charge on any atom is -0.447 e. The second kappa shape index (κ2) is 6.94. The van der Waals surface area contributed by atoms with Crippen LogP contribution in [0, 0.1) is 5.92 Å². The molecule has 0 aliphatic heterocycles. The van der Waals surface area contributed by atoms with Crippen molar-refractivity contribution in [3.05, 3.63) is 17.9 Å². The Kier molecular flexibility index (Phi) is 5.46. The van der Waals surface area contributed by atoms with Gasteiger partial charge in [-0.05, 0) is 44.2 Å². The molecule has 120 valence electrons. The molecule has 5 nitrogen and oxygen atoms in total. The predicted octanol–water partition coefficient (Wildman–Crippen LogP) is 2.63. The molecule has 1 aromatic heterocycles. The maximum absolute atomic E-state index is 12.3. The standard InChI is InChI=1S/C15H26N2O3S/c1-4-11(2)9-12(3)17-21(18,19)15-8-7-14(20-15)10-16-13-5-6-13/h7-8,11-13,16-17H,4-6,9-10H2,1-3H3. The van der Waals surface area contributed by atoms with Crippen LogP contribution in [0.1, 0.15) is 52.2 Å². The quantitative estimate of drug-likeness (QED) is 0.735. The Morgan fingerprint density at radius 2 is 2.05 bits per heavy atom. The van der Waals surface area contributed by atoms with E-state index in [4.69, 9.17) is 4.42 Å². The highest BCUT2D eigenvalue weighted by Crippen LogP contribution is 2.21. The monoisotopic (exact) mass is 314 g/mol. The highest BCUT2D eigenvalue weighted by atomic mass is 32.2. The average molecular weight is 314 g/mol. The molecule has 0 amide bonds. The Morgan fingerprint density at radius 1 is 1.33 bits per heavy atom. The molecule has 1 aliphatic carbocycles. The summed E-state index contributed by atoms with van der Waals surface area (Å²) in [6.07, 6.45) is 4.26. The molecule has 1 saturated carbocycles. The van der Waals surface area contributed by atoms with Gasteiger partial charge in [0.25, 0.3) is 10.0 Å². The van der Waals surface area contributed by atoms with Crippen molar-refractivity contribution in [2.45, 2.75) is 70.2 Å². The van der Waals surface area contributed by atoms with Gasteiger partial charge in [-0.1, -0.05) is 20.3 Å². The molecule has 2 rings (SSSR count). The van der Waals surface area contributed by atoms with Crippen LogP contribution in [0.4, 0.5) is 0 Å². The summed E-state index contributed by atoms with van der Waals surface area (Å²) in [4.78, 5) is 0. The van der Waals surface area contributed by atoms with Crippen LogP contribution < -0.4 is 10.0 Å². The Bertz CT molecular complexity index is 549. The maximum Gasteiger partial charge on any atom is 0.274 e. The van der Waals surface area contributed by atoms with Crippen LogP contribution in [-0.2, 0) is 16.6 Å². The molecule has 21 heavy (non-hydrogen) atoms. The smallest absolute Gasteiger partial charge is 0.274 e. The Labute approximate surface area is 127 Å². The SMILES string of the molecule is CCC(C)CC(C)NS(=O)(=O)c1ccc(CNC2CC2)o1. The second-order valence-corrected chi connectivity index (χ2v) is 7.79. The third-order valence-electron chi connectivity index (χ3n) is 3.85. The normalized spacial score (nSPS) is 18.6. The summed E-state index contributed by atoms with van der Waals surface area (Å²) in [5.74, 6) is 1.16. The van der Waals surface area contributed by atoms with Gasteiger partial charge in [0, 0.05) is 12.1 Å². The van der Waals surface area contributed by atoms with Crippen molar-refractivity contribution in [2.75, 3.05) is 0 Å². The van der Waals surface area contributed by atoms with Crippen LogP contribution >= 0.6 is 0 Å². The van der Waals surface area contributed by atoms with Crippen LogP contribution in [0.5, 0.6) is 0 Å². The van der Waals surface area contributed by atoms with Crippen molar-refractivity contribution >= 4 is 10.0 Å². The summed E-state index contributed by atoms with van der Waals surface area (Å²) in [5.41, 5.74) is 0.